The fraction of sp³-hybridized carbons (Fsp3) is 0.561. The maximum atomic E-state index is 17.6. The van der Waals surface area contributed by atoms with Gasteiger partial charge in [0.1, 0.15) is 53.2 Å². The largest absolute Gasteiger partial charge is 0.475 e. The minimum absolute atomic E-state index is 0.00638. The van der Waals surface area contributed by atoms with Crippen LogP contribution in [0.2, 0.25) is 0 Å². The van der Waals surface area contributed by atoms with Crippen molar-refractivity contribution in [3.05, 3.63) is 41.7 Å². The Kier molecular flexibility index (Phi) is 8.91. The molecule has 5 aliphatic heterocycles. The zero-order valence-corrected chi connectivity index (χ0v) is 32.1. The number of hydrogen-bond acceptors (Lipinski definition) is 11. The predicted molar refractivity (Wildman–Crippen MR) is 202 cm³/mol. The Morgan fingerprint density at radius 3 is 2.73 bits per heavy atom. The van der Waals surface area contributed by atoms with Crippen LogP contribution in [0, 0.1) is 5.82 Å². The van der Waals surface area contributed by atoms with Crippen LogP contribution in [-0.4, -0.2) is 113 Å². The average molecular weight is 759 g/mol. The second kappa shape index (κ2) is 13.6. The number of rotatable bonds is 8. The van der Waals surface area contributed by atoms with Crippen LogP contribution >= 0.6 is 0 Å². The first-order valence-electron chi connectivity index (χ1n) is 19.5. The van der Waals surface area contributed by atoms with Gasteiger partial charge in [-0.1, -0.05) is 25.1 Å². The Bertz CT molecular complexity index is 2170. The molecule has 0 aliphatic carbocycles. The summed E-state index contributed by atoms with van der Waals surface area (Å²) >= 11 is 0. The average Bonchev–Trinajstić information content (AvgIpc) is 3.76. The van der Waals surface area contributed by atoms with Gasteiger partial charge in [-0.05, 0) is 87.9 Å². The molecule has 0 saturated carbocycles. The molecule has 5 atom stereocenters. The van der Waals surface area contributed by atoms with Gasteiger partial charge in [0.05, 0.1) is 23.7 Å². The van der Waals surface area contributed by atoms with E-state index in [1.165, 1.54) is 0 Å². The lowest BCUT2D eigenvalue weighted by atomic mass is 9.94. The lowest BCUT2D eigenvalue weighted by Crippen LogP contribution is -2.63. The number of nitrogens with zero attached hydrogens (tertiary/aromatic N) is 6. The number of piperazine rings is 1. The first-order valence-corrected chi connectivity index (χ1v) is 19.5. The number of aromatic nitrogens is 3. The normalized spacial score (nSPS) is 25.9. The summed E-state index contributed by atoms with van der Waals surface area (Å²) in [5.41, 5.74) is 0.506. The highest BCUT2D eigenvalue weighted by Crippen LogP contribution is 2.47. The molecule has 4 fully saturated rings. The molecule has 2 aromatic carbocycles. The number of ether oxygens (including phenoxy) is 5. The fourth-order valence-corrected chi connectivity index (χ4v) is 9.72. The summed E-state index contributed by atoms with van der Waals surface area (Å²) in [6, 6.07) is 8.94. The number of alkyl halides is 1. The van der Waals surface area contributed by atoms with E-state index in [1.54, 1.807) is 13.2 Å². The highest BCUT2D eigenvalue weighted by Gasteiger charge is 2.52. The van der Waals surface area contributed by atoms with Crippen molar-refractivity contribution in [3.8, 4) is 28.9 Å². The molecular formula is C41H48F2N6O6. The van der Waals surface area contributed by atoms with Crippen LogP contribution < -0.4 is 19.1 Å². The van der Waals surface area contributed by atoms with Crippen LogP contribution in [0.1, 0.15) is 65.4 Å². The van der Waals surface area contributed by atoms with Crippen molar-refractivity contribution >= 4 is 33.6 Å². The minimum Gasteiger partial charge on any atom is -0.475 e. The number of halogens is 2. The highest BCUT2D eigenvalue weighted by atomic mass is 19.1. The lowest BCUT2D eigenvalue weighted by Gasteiger charge is -2.46. The van der Waals surface area contributed by atoms with Gasteiger partial charge in [-0.2, -0.15) is 9.97 Å². The van der Waals surface area contributed by atoms with Crippen molar-refractivity contribution in [1.82, 2.24) is 24.8 Å². The number of carbonyl (C=O) groups is 1. The topological polar surface area (TPSA) is 112 Å². The molecule has 7 heterocycles. The van der Waals surface area contributed by atoms with Crippen molar-refractivity contribution in [3.63, 3.8) is 0 Å². The SMILES string of the molecule is CCc1cccc2cc(OCOC)cc(-c3nc4c5c(nc(OC[C@@]67CCCN6C[C@@H](F)C7)nc5c3F)N3C[C@H]5CC[C@@H]([C@H]3CO4)N5C(=O)OC(C)(C)C)c12. The molecular weight excluding hydrogens is 710 g/mol. The lowest BCUT2D eigenvalue weighted by molar-refractivity contribution is 0.00537. The van der Waals surface area contributed by atoms with Crippen LogP contribution in [0.5, 0.6) is 17.6 Å². The van der Waals surface area contributed by atoms with Crippen molar-refractivity contribution in [2.45, 2.75) is 102 Å². The van der Waals surface area contributed by atoms with Crippen molar-refractivity contribution in [2.24, 2.45) is 0 Å². The van der Waals surface area contributed by atoms with Crippen LogP contribution in [0.15, 0.2) is 30.3 Å². The van der Waals surface area contributed by atoms with Crippen LogP contribution in [0.3, 0.4) is 0 Å². The van der Waals surface area contributed by atoms with Gasteiger partial charge in [-0.3, -0.25) is 9.80 Å². The number of hydrogen-bond donors (Lipinski definition) is 0. The molecule has 14 heteroatoms. The molecule has 292 valence electrons. The van der Waals surface area contributed by atoms with E-state index in [0.717, 1.165) is 48.6 Å². The van der Waals surface area contributed by atoms with E-state index in [2.05, 4.69) is 16.7 Å². The highest BCUT2D eigenvalue weighted by molar-refractivity contribution is 6.03. The quantitative estimate of drug-likeness (QED) is 0.176. The van der Waals surface area contributed by atoms with E-state index in [4.69, 9.17) is 38.6 Å². The Labute approximate surface area is 319 Å². The number of anilines is 1. The maximum Gasteiger partial charge on any atom is 0.410 e. The van der Waals surface area contributed by atoms with Gasteiger partial charge in [0.25, 0.3) is 0 Å². The molecule has 0 spiro atoms. The molecule has 1 amide bonds. The van der Waals surface area contributed by atoms with Crippen LogP contribution in [0.4, 0.5) is 19.4 Å². The predicted octanol–water partition coefficient (Wildman–Crippen LogP) is 6.83. The third kappa shape index (κ3) is 6.16. The fourth-order valence-electron chi connectivity index (χ4n) is 9.72. The molecule has 5 aliphatic rings. The third-order valence-electron chi connectivity index (χ3n) is 12.0. The number of amides is 1. The molecule has 4 aromatic rings. The van der Waals surface area contributed by atoms with Crippen LogP contribution in [0.25, 0.3) is 32.9 Å². The molecule has 0 N–H and O–H groups in total. The standard InChI is InChI=1S/C41H48F2N6O6/c1-6-23-9-7-10-24-15-27(54-22-51-5)16-28(31(23)24)34-33(43)35-32-36(46-38(45-35)53-21-41-13-8-14-47(41)18-25(42)17-41)48-19-26-11-12-29(30(48)20-52-37(32)44-34)49(26)39(50)55-40(2,3)4/h7,9-10,15-16,25-26,29-30H,6,8,11-14,17-22H2,1-5H3/t25-,26+,29-,30+,41-/m0/s1. The van der Waals surface area contributed by atoms with E-state index in [0.29, 0.717) is 48.4 Å². The number of pyridine rings is 1. The van der Waals surface area contributed by atoms with Gasteiger partial charge in [-0.25, -0.2) is 18.6 Å². The summed E-state index contributed by atoms with van der Waals surface area (Å²) in [6.45, 7) is 9.64. The Balaban J connectivity index is 1.20. The van der Waals surface area contributed by atoms with E-state index in [1.807, 2.05) is 49.9 Å². The smallest absolute Gasteiger partial charge is 0.410 e. The van der Waals surface area contributed by atoms with E-state index >= 15 is 4.39 Å². The molecule has 12 nitrogen and oxygen atoms in total. The Hall–Kier alpha value is -4.56. The second-order valence-electron chi connectivity index (χ2n) is 16.6. The maximum absolute atomic E-state index is 17.6. The Morgan fingerprint density at radius 2 is 1.93 bits per heavy atom. The zero-order chi connectivity index (χ0) is 38.2. The third-order valence-corrected chi connectivity index (χ3v) is 12.0. The van der Waals surface area contributed by atoms with Gasteiger partial charge >= 0.3 is 12.1 Å². The molecule has 0 unspecified atom stereocenters. The summed E-state index contributed by atoms with van der Waals surface area (Å²) in [6.07, 6.45) is 3.08. The van der Waals surface area contributed by atoms with Gasteiger partial charge in [0.15, 0.2) is 12.6 Å². The second-order valence-corrected chi connectivity index (χ2v) is 16.6. The van der Waals surface area contributed by atoms with E-state index in [9.17, 15) is 9.18 Å². The number of carbonyl (C=O) groups excluding carboxylic acids is 1. The number of aryl methyl sites for hydroxylation is 1. The van der Waals surface area contributed by atoms with Gasteiger partial charge in [-0.15, -0.1) is 0 Å². The molecule has 2 aromatic heterocycles. The van der Waals surface area contributed by atoms with E-state index in [-0.39, 0.29) is 67.3 Å². The van der Waals surface area contributed by atoms with Crippen molar-refractivity contribution < 1.29 is 37.3 Å². The molecule has 0 radical (unpaired) electrons. The van der Waals surface area contributed by atoms with Crippen LogP contribution in [-0.2, 0) is 15.9 Å². The molecule has 4 saturated heterocycles. The molecule has 55 heavy (non-hydrogen) atoms. The van der Waals surface area contributed by atoms with Gasteiger partial charge in [0.2, 0.25) is 5.88 Å². The molecule has 2 bridgehead atoms. The summed E-state index contributed by atoms with van der Waals surface area (Å²) in [5.74, 6) is 0.495. The monoisotopic (exact) mass is 758 g/mol. The zero-order valence-electron chi connectivity index (χ0n) is 32.1. The summed E-state index contributed by atoms with van der Waals surface area (Å²) in [5, 5.41) is 2.05. The van der Waals surface area contributed by atoms with E-state index < -0.39 is 23.1 Å². The number of methoxy groups -OCH3 is 1. The first kappa shape index (κ1) is 36.1. The first-order chi connectivity index (χ1) is 26.5. The van der Waals surface area contributed by atoms with Crippen molar-refractivity contribution in [2.75, 3.05) is 51.7 Å². The molecule has 9 rings (SSSR count). The summed E-state index contributed by atoms with van der Waals surface area (Å²) in [4.78, 5) is 34.4. The van der Waals surface area contributed by atoms with Gasteiger partial charge in [0, 0.05) is 32.2 Å². The summed E-state index contributed by atoms with van der Waals surface area (Å²) in [7, 11) is 1.54. The van der Waals surface area contributed by atoms with Gasteiger partial charge < -0.3 is 28.6 Å². The minimum atomic E-state index is -0.930. The Morgan fingerprint density at radius 1 is 1.07 bits per heavy atom. The number of fused-ring (bicyclic) bond motifs is 7. The number of benzene rings is 2. The summed E-state index contributed by atoms with van der Waals surface area (Å²) < 4.78 is 62.3. The van der Waals surface area contributed by atoms with Crippen molar-refractivity contribution in [1.29, 1.82) is 0 Å².